The summed E-state index contributed by atoms with van der Waals surface area (Å²) in [4.78, 5) is 12.4. The van der Waals surface area contributed by atoms with Gasteiger partial charge in [0.05, 0.1) is 23.1 Å². The molecule has 96 valence electrons. The quantitative estimate of drug-likeness (QED) is 0.744. The summed E-state index contributed by atoms with van der Waals surface area (Å²) >= 11 is 5.10. The zero-order valence-corrected chi connectivity index (χ0v) is 10.9. The van der Waals surface area contributed by atoms with Crippen molar-refractivity contribution in [1.82, 2.24) is 5.32 Å². The van der Waals surface area contributed by atoms with E-state index in [9.17, 15) is 4.79 Å². The van der Waals surface area contributed by atoms with Crippen LogP contribution in [0.25, 0.3) is 0 Å². The number of carbonyl (C=O) groups is 1. The molecule has 1 saturated heterocycles. The van der Waals surface area contributed by atoms with Crippen LogP contribution >= 0.6 is 12.2 Å². The number of thiocarbonyl (C=S) groups is 1. The summed E-state index contributed by atoms with van der Waals surface area (Å²) in [5.74, 6) is 0.0200. The smallest absolute Gasteiger partial charge is 0.223 e. The molecule has 1 unspecified atom stereocenters. The number of hydrogen-bond donors (Lipinski definition) is 2. The molecule has 0 radical (unpaired) electrons. The first-order valence-electron chi connectivity index (χ1n) is 6.35. The summed E-state index contributed by atoms with van der Waals surface area (Å²) in [6.07, 6.45) is 6.46. The standard InChI is InChI=1S/C12H20N2O2S/c13-11(17)12(5-1-2-6-12)14-10(15)8-9-4-3-7-16-9/h9H,1-8H2,(H2,13,17)(H,14,15). The summed E-state index contributed by atoms with van der Waals surface area (Å²) < 4.78 is 5.46. The van der Waals surface area contributed by atoms with Crippen molar-refractivity contribution < 1.29 is 9.53 Å². The molecule has 0 aromatic rings. The Morgan fingerprint density at radius 1 is 1.41 bits per heavy atom. The van der Waals surface area contributed by atoms with Gasteiger partial charge in [0, 0.05) is 6.61 Å². The van der Waals surface area contributed by atoms with Crippen molar-refractivity contribution in [1.29, 1.82) is 0 Å². The highest BCUT2D eigenvalue weighted by molar-refractivity contribution is 7.80. The molecule has 0 aromatic carbocycles. The largest absolute Gasteiger partial charge is 0.391 e. The SMILES string of the molecule is NC(=S)C1(NC(=O)CC2CCCO2)CCCC1. The normalized spacial score (nSPS) is 26.9. The Morgan fingerprint density at radius 3 is 2.65 bits per heavy atom. The maximum atomic E-state index is 12.0. The van der Waals surface area contributed by atoms with Gasteiger partial charge in [0.15, 0.2) is 0 Å². The third-order valence-corrected chi connectivity index (χ3v) is 4.14. The number of ether oxygens (including phenoxy) is 1. The number of carbonyl (C=O) groups excluding carboxylic acids is 1. The molecular weight excluding hydrogens is 236 g/mol. The lowest BCUT2D eigenvalue weighted by molar-refractivity contribution is -0.124. The van der Waals surface area contributed by atoms with Crippen LogP contribution in [0.2, 0.25) is 0 Å². The van der Waals surface area contributed by atoms with Gasteiger partial charge in [-0.15, -0.1) is 0 Å². The minimum atomic E-state index is -0.426. The van der Waals surface area contributed by atoms with Crippen molar-refractivity contribution >= 4 is 23.1 Å². The van der Waals surface area contributed by atoms with Crippen molar-refractivity contribution in [2.75, 3.05) is 6.61 Å². The number of amides is 1. The number of nitrogens with one attached hydrogen (secondary N) is 1. The molecule has 0 aromatic heterocycles. The van der Waals surface area contributed by atoms with Crippen molar-refractivity contribution in [3.63, 3.8) is 0 Å². The predicted octanol–water partition coefficient (Wildman–Crippen LogP) is 1.27. The fraction of sp³-hybridized carbons (Fsp3) is 0.833. The molecule has 1 saturated carbocycles. The van der Waals surface area contributed by atoms with Gasteiger partial charge in [-0.3, -0.25) is 4.79 Å². The Kier molecular flexibility index (Phi) is 3.99. The van der Waals surface area contributed by atoms with Crippen molar-refractivity contribution in [3.05, 3.63) is 0 Å². The molecule has 4 nitrogen and oxygen atoms in total. The van der Waals surface area contributed by atoms with Crippen molar-refractivity contribution in [2.45, 2.75) is 56.6 Å². The van der Waals surface area contributed by atoms with Gasteiger partial charge in [-0.2, -0.15) is 0 Å². The van der Waals surface area contributed by atoms with Crippen LogP contribution in [0, 0.1) is 0 Å². The van der Waals surface area contributed by atoms with Gasteiger partial charge in [0.2, 0.25) is 5.91 Å². The van der Waals surface area contributed by atoms with Crippen LogP contribution in [-0.2, 0) is 9.53 Å². The third-order valence-electron chi connectivity index (χ3n) is 3.74. The van der Waals surface area contributed by atoms with E-state index in [-0.39, 0.29) is 12.0 Å². The third kappa shape index (κ3) is 2.96. The molecule has 1 aliphatic carbocycles. The topological polar surface area (TPSA) is 64.3 Å². The molecule has 1 amide bonds. The molecule has 3 N–H and O–H groups in total. The summed E-state index contributed by atoms with van der Waals surface area (Å²) in [7, 11) is 0. The monoisotopic (exact) mass is 256 g/mol. The lowest BCUT2D eigenvalue weighted by Crippen LogP contribution is -2.55. The summed E-state index contributed by atoms with van der Waals surface area (Å²) in [6, 6.07) is 0. The van der Waals surface area contributed by atoms with Crippen LogP contribution in [0.4, 0.5) is 0 Å². The number of hydrogen-bond acceptors (Lipinski definition) is 3. The maximum absolute atomic E-state index is 12.0. The van der Waals surface area contributed by atoms with E-state index in [1.807, 2.05) is 0 Å². The van der Waals surface area contributed by atoms with Crippen molar-refractivity contribution in [2.24, 2.45) is 5.73 Å². The second kappa shape index (κ2) is 5.31. The zero-order valence-electron chi connectivity index (χ0n) is 10.0. The summed E-state index contributed by atoms with van der Waals surface area (Å²) in [5.41, 5.74) is 5.35. The van der Waals surface area contributed by atoms with Gasteiger partial charge in [-0.1, -0.05) is 25.1 Å². The second-order valence-electron chi connectivity index (χ2n) is 5.04. The molecule has 2 rings (SSSR count). The van der Waals surface area contributed by atoms with Gasteiger partial charge < -0.3 is 15.8 Å². The van der Waals surface area contributed by atoms with Gasteiger partial charge in [-0.05, 0) is 25.7 Å². The van der Waals surface area contributed by atoms with Gasteiger partial charge in [0.25, 0.3) is 0 Å². The van der Waals surface area contributed by atoms with Crippen LogP contribution in [0.5, 0.6) is 0 Å². The Labute approximate surface area is 107 Å². The van der Waals surface area contributed by atoms with E-state index in [1.54, 1.807) is 0 Å². The summed E-state index contributed by atoms with van der Waals surface area (Å²) in [6.45, 7) is 0.776. The minimum absolute atomic E-state index is 0.0200. The first-order chi connectivity index (χ1) is 8.12. The zero-order chi connectivity index (χ0) is 12.3. The van der Waals surface area contributed by atoms with E-state index in [2.05, 4.69) is 5.32 Å². The second-order valence-corrected chi connectivity index (χ2v) is 5.48. The fourth-order valence-electron chi connectivity index (χ4n) is 2.74. The van der Waals surface area contributed by atoms with E-state index in [4.69, 9.17) is 22.7 Å². The number of nitrogens with two attached hydrogens (primary N) is 1. The highest BCUT2D eigenvalue weighted by Gasteiger charge is 2.38. The Hall–Kier alpha value is -0.680. The minimum Gasteiger partial charge on any atom is -0.391 e. The lowest BCUT2D eigenvalue weighted by Gasteiger charge is -2.29. The molecule has 0 bridgehead atoms. The van der Waals surface area contributed by atoms with Crippen LogP contribution < -0.4 is 11.1 Å². The predicted molar refractivity (Wildman–Crippen MR) is 69.7 cm³/mol. The molecule has 2 fully saturated rings. The van der Waals surface area contributed by atoms with Gasteiger partial charge >= 0.3 is 0 Å². The molecule has 2 aliphatic rings. The molecule has 0 spiro atoms. The first-order valence-corrected chi connectivity index (χ1v) is 6.76. The summed E-state index contributed by atoms with van der Waals surface area (Å²) in [5, 5.41) is 3.03. The fourth-order valence-corrected chi connectivity index (χ4v) is 3.00. The Bertz CT molecular complexity index is 308. The van der Waals surface area contributed by atoms with E-state index >= 15 is 0 Å². The highest BCUT2D eigenvalue weighted by atomic mass is 32.1. The molecule has 1 aliphatic heterocycles. The van der Waals surface area contributed by atoms with E-state index in [0.29, 0.717) is 11.4 Å². The van der Waals surface area contributed by atoms with E-state index in [0.717, 1.165) is 45.1 Å². The number of rotatable bonds is 4. The highest BCUT2D eigenvalue weighted by Crippen LogP contribution is 2.30. The average molecular weight is 256 g/mol. The lowest BCUT2D eigenvalue weighted by atomic mass is 9.97. The Balaban J connectivity index is 1.89. The molecular formula is C12H20N2O2S. The van der Waals surface area contributed by atoms with Crippen molar-refractivity contribution in [3.8, 4) is 0 Å². The van der Waals surface area contributed by atoms with Gasteiger partial charge in [0.1, 0.15) is 0 Å². The first kappa shape index (κ1) is 12.8. The van der Waals surface area contributed by atoms with E-state index in [1.165, 1.54) is 0 Å². The molecule has 17 heavy (non-hydrogen) atoms. The van der Waals surface area contributed by atoms with Crippen LogP contribution in [0.3, 0.4) is 0 Å². The van der Waals surface area contributed by atoms with Crippen LogP contribution in [0.15, 0.2) is 0 Å². The molecule has 1 atom stereocenters. The van der Waals surface area contributed by atoms with Gasteiger partial charge in [-0.25, -0.2) is 0 Å². The van der Waals surface area contributed by atoms with E-state index < -0.39 is 5.54 Å². The van der Waals surface area contributed by atoms with Crippen LogP contribution in [-0.4, -0.2) is 29.1 Å². The van der Waals surface area contributed by atoms with Crippen LogP contribution in [0.1, 0.15) is 44.9 Å². The maximum Gasteiger partial charge on any atom is 0.223 e. The molecule has 1 heterocycles. The average Bonchev–Trinajstić information content (AvgIpc) is 2.89. The Morgan fingerprint density at radius 2 is 2.12 bits per heavy atom. The molecule has 5 heteroatoms.